The van der Waals surface area contributed by atoms with Crippen LogP contribution in [0.2, 0.25) is 0 Å². The average molecular weight is 382 g/mol. The van der Waals surface area contributed by atoms with Gasteiger partial charge in [0, 0.05) is 6.07 Å². The Morgan fingerprint density at radius 1 is 1.33 bits per heavy atom. The molecular weight excluding hydrogens is 358 g/mol. The lowest BCUT2D eigenvalue weighted by Crippen LogP contribution is -2.35. The van der Waals surface area contributed by atoms with E-state index in [4.69, 9.17) is 4.74 Å². The summed E-state index contributed by atoms with van der Waals surface area (Å²) in [4.78, 5) is 20.6. The van der Waals surface area contributed by atoms with E-state index in [0.717, 1.165) is 41.2 Å². The van der Waals surface area contributed by atoms with Gasteiger partial charge in [0.1, 0.15) is 5.75 Å². The zero-order valence-corrected chi connectivity index (χ0v) is 16.3. The van der Waals surface area contributed by atoms with Crippen LogP contribution in [-0.4, -0.2) is 28.2 Å². The number of amides is 1. The monoisotopic (exact) mass is 381 g/mol. The molecule has 0 bridgehead atoms. The predicted octanol–water partition coefficient (Wildman–Crippen LogP) is 4.25. The molecule has 0 aliphatic heterocycles. The fourth-order valence-electron chi connectivity index (χ4n) is 3.56. The third-order valence-electron chi connectivity index (χ3n) is 5.01. The molecule has 1 heterocycles. The number of ether oxygens (including phenoxy) is 1. The van der Waals surface area contributed by atoms with Crippen molar-refractivity contribution in [3.8, 4) is 5.75 Å². The minimum absolute atomic E-state index is 0.0414. The van der Waals surface area contributed by atoms with Gasteiger partial charge < -0.3 is 15.0 Å². The molecule has 0 fully saturated rings. The molecular formula is C21H23N3O2S. The van der Waals surface area contributed by atoms with E-state index in [9.17, 15) is 4.79 Å². The van der Waals surface area contributed by atoms with Crippen molar-refractivity contribution in [3.05, 3.63) is 53.6 Å². The lowest BCUT2D eigenvalue weighted by atomic mass is 9.88. The molecule has 2 atom stereocenters. The second kappa shape index (κ2) is 7.64. The van der Waals surface area contributed by atoms with E-state index in [1.807, 2.05) is 31.2 Å². The summed E-state index contributed by atoms with van der Waals surface area (Å²) in [7, 11) is 1.64. The standard InChI is InChI=1S/C21H23N3O2S/c1-13(27-21-23-18-11-10-15(26-2)12-19(18)24-21)20(25)22-17-9-5-7-14-6-3-4-8-16(14)17/h3-4,6,8,10-13,17H,5,7,9H2,1-2H3,(H,22,25)(H,23,24). The fraction of sp³-hybridized carbons (Fsp3) is 0.333. The van der Waals surface area contributed by atoms with Crippen molar-refractivity contribution < 1.29 is 9.53 Å². The Kier molecular flexibility index (Phi) is 5.07. The number of carbonyl (C=O) groups excluding carboxylic acids is 1. The van der Waals surface area contributed by atoms with Crippen LogP contribution >= 0.6 is 11.8 Å². The Labute approximate surface area is 162 Å². The molecule has 1 aliphatic rings. The second-order valence-electron chi connectivity index (χ2n) is 6.84. The number of fused-ring (bicyclic) bond motifs is 2. The van der Waals surface area contributed by atoms with Gasteiger partial charge in [0.15, 0.2) is 5.16 Å². The Hall–Kier alpha value is -2.47. The molecule has 0 radical (unpaired) electrons. The number of rotatable bonds is 5. The summed E-state index contributed by atoms with van der Waals surface area (Å²) in [5, 5.41) is 3.73. The molecule has 3 aromatic rings. The molecule has 2 unspecified atom stereocenters. The summed E-state index contributed by atoms with van der Waals surface area (Å²) in [6.45, 7) is 1.92. The number of thioether (sulfide) groups is 1. The number of aromatic amines is 1. The zero-order chi connectivity index (χ0) is 18.8. The van der Waals surface area contributed by atoms with Crippen molar-refractivity contribution in [1.29, 1.82) is 0 Å². The van der Waals surface area contributed by atoms with Gasteiger partial charge in [-0.15, -0.1) is 0 Å². The summed E-state index contributed by atoms with van der Waals surface area (Å²) < 4.78 is 5.25. The van der Waals surface area contributed by atoms with Crippen LogP contribution < -0.4 is 10.1 Å². The Balaban J connectivity index is 1.44. The number of nitrogens with one attached hydrogen (secondary N) is 2. The van der Waals surface area contributed by atoms with Gasteiger partial charge in [-0.3, -0.25) is 4.79 Å². The highest BCUT2D eigenvalue weighted by Crippen LogP contribution is 2.31. The van der Waals surface area contributed by atoms with Crippen LogP contribution in [0.1, 0.15) is 36.9 Å². The van der Waals surface area contributed by atoms with E-state index < -0.39 is 0 Å². The summed E-state index contributed by atoms with van der Waals surface area (Å²) in [6, 6.07) is 14.2. The number of H-pyrrole nitrogens is 1. The van der Waals surface area contributed by atoms with Crippen LogP contribution in [0.3, 0.4) is 0 Å². The SMILES string of the molecule is COc1ccc2nc(SC(C)C(=O)NC3CCCc4ccccc43)[nH]c2c1. The number of carbonyl (C=O) groups is 1. The first-order valence-corrected chi connectivity index (χ1v) is 10.1. The molecule has 6 heteroatoms. The van der Waals surface area contributed by atoms with Crippen molar-refractivity contribution in [2.75, 3.05) is 7.11 Å². The van der Waals surface area contributed by atoms with Gasteiger partial charge in [0.05, 0.1) is 29.4 Å². The highest BCUT2D eigenvalue weighted by Gasteiger charge is 2.24. The van der Waals surface area contributed by atoms with Crippen LogP contribution in [-0.2, 0) is 11.2 Å². The number of nitrogens with zero attached hydrogens (tertiary/aromatic N) is 1. The molecule has 27 heavy (non-hydrogen) atoms. The first kappa shape index (κ1) is 17.9. The average Bonchev–Trinajstić information content (AvgIpc) is 3.09. The third-order valence-corrected chi connectivity index (χ3v) is 6.00. The Morgan fingerprint density at radius 3 is 3.04 bits per heavy atom. The molecule has 5 nitrogen and oxygen atoms in total. The summed E-state index contributed by atoms with van der Waals surface area (Å²) in [6.07, 6.45) is 3.19. The lowest BCUT2D eigenvalue weighted by Gasteiger charge is -2.27. The number of aromatic nitrogens is 2. The number of benzene rings is 2. The maximum atomic E-state index is 12.7. The summed E-state index contributed by atoms with van der Waals surface area (Å²) in [5.74, 6) is 0.823. The molecule has 0 spiro atoms. The van der Waals surface area contributed by atoms with Crippen molar-refractivity contribution in [2.24, 2.45) is 0 Å². The van der Waals surface area contributed by atoms with E-state index in [0.29, 0.717) is 0 Å². The van der Waals surface area contributed by atoms with Gasteiger partial charge in [-0.1, -0.05) is 36.0 Å². The predicted molar refractivity (Wildman–Crippen MR) is 108 cm³/mol. The van der Waals surface area contributed by atoms with E-state index >= 15 is 0 Å². The van der Waals surface area contributed by atoms with Gasteiger partial charge >= 0.3 is 0 Å². The van der Waals surface area contributed by atoms with Crippen molar-refractivity contribution in [3.63, 3.8) is 0 Å². The Bertz CT molecular complexity index is 969. The Morgan fingerprint density at radius 2 is 2.19 bits per heavy atom. The van der Waals surface area contributed by atoms with Gasteiger partial charge in [0.25, 0.3) is 0 Å². The zero-order valence-electron chi connectivity index (χ0n) is 15.5. The molecule has 0 saturated carbocycles. The van der Waals surface area contributed by atoms with E-state index in [-0.39, 0.29) is 17.2 Å². The smallest absolute Gasteiger partial charge is 0.233 e. The van der Waals surface area contributed by atoms with Crippen LogP contribution in [0.25, 0.3) is 11.0 Å². The molecule has 1 amide bonds. The highest BCUT2D eigenvalue weighted by molar-refractivity contribution is 8.00. The van der Waals surface area contributed by atoms with Gasteiger partial charge in [-0.25, -0.2) is 4.98 Å². The van der Waals surface area contributed by atoms with E-state index in [1.54, 1.807) is 7.11 Å². The van der Waals surface area contributed by atoms with Gasteiger partial charge in [0.2, 0.25) is 5.91 Å². The van der Waals surface area contributed by atoms with E-state index in [2.05, 4.69) is 33.5 Å². The number of methoxy groups -OCH3 is 1. The van der Waals surface area contributed by atoms with Gasteiger partial charge in [-0.2, -0.15) is 0 Å². The normalized spacial score (nSPS) is 17.3. The summed E-state index contributed by atoms with van der Waals surface area (Å²) >= 11 is 1.44. The molecule has 140 valence electrons. The van der Waals surface area contributed by atoms with Crippen molar-refractivity contribution in [1.82, 2.24) is 15.3 Å². The van der Waals surface area contributed by atoms with Crippen LogP contribution in [0.5, 0.6) is 5.75 Å². The minimum atomic E-state index is -0.235. The molecule has 1 aliphatic carbocycles. The quantitative estimate of drug-likeness (QED) is 0.649. The molecule has 0 saturated heterocycles. The van der Waals surface area contributed by atoms with Crippen molar-refractivity contribution >= 4 is 28.7 Å². The maximum absolute atomic E-state index is 12.7. The molecule has 2 aromatic carbocycles. The topological polar surface area (TPSA) is 67.0 Å². The summed E-state index contributed by atoms with van der Waals surface area (Å²) in [5.41, 5.74) is 4.38. The molecule has 4 rings (SSSR count). The van der Waals surface area contributed by atoms with Gasteiger partial charge in [-0.05, 0) is 49.4 Å². The van der Waals surface area contributed by atoms with E-state index in [1.165, 1.54) is 22.9 Å². The number of hydrogen-bond acceptors (Lipinski definition) is 4. The maximum Gasteiger partial charge on any atom is 0.233 e. The minimum Gasteiger partial charge on any atom is -0.497 e. The number of aryl methyl sites for hydroxylation is 1. The van der Waals surface area contributed by atoms with Crippen LogP contribution in [0.15, 0.2) is 47.6 Å². The highest BCUT2D eigenvalue weighted by atomic mass is 32.2. The second-order valence-corrected chi connectivity index (χ2v) is 8.17. The van der Waals surface area contributed by atoms with Crippen LogP contribution in [0.4, 0.5) is 0 Å². The van der Waals surface area contributed by atoms with Crippen LogP contribution in [0, 0.1) is 0 Å². The number of hydrogen-bond donors (Lipinski definition) is 2. The first-order chi connectivity index (χ1) is 13.1. The fourth-order valence-corrected chi connectivity index (χ4v) is 4.39. The number of imidazole rings is 1. The molecule has 2 N–H and O–H groups in total. The third kappa shape index (κ3) is 3.81. The first-order valence-electron chi connectivity index (χ1n) is 9.22. The van der Waals surface area contributed by atoms with Crippen molar-refractivity contribution in [2.45, 2.75) is 42.6 Å². The largest absolute Gasteiger partial charge is 0.497 e. The molecule has 1 aromatic heterocycles. The lowest BCUT2D eigenvalue weighted by molar-refractivity contribution is -0.121.